The molecule has 0 radical (unpaired) electrons. The van der Waals surface area contributed by atoms with Crippen LogP contribution in [0, 0.1) is 5.92 Å². The molecule has 0 fully saturated rings. The summed E-state index contributed by atoms with van der Waals surface area (Å²) in [6, 6.07) is 3.99. The molecule has 0 aliphatic carbocycles. The molecule has 0 atom stereocenters. The van der Waals surface area contributed by atoms with Crippen molar-refractivity contribution in [2.24, 2.45) is 10.9 Å². The van der Waals surface area contributed by atoms with Crippen LogP contribution in [0.2, 0.25) is 0 Å². The van der Waals surface area contributed by atoms with Gasteiger partial charge in [0.05, 0.1) is 17.1 Å². The molecular weight excluding hydrogens is 296 g/mol. The number of thiophene rings is 1. The molecule has 0 amide bonds. The summed E-state index contributed by atoms with van der Waals surface area (Å²) in [6.45, 7) is 6.00. The number of nitrogens with zero attached hydrogens (tertiary/aromatic N) is 2. The molecule has 0 aliphatic heterocycles. The van der Waals surface area contributed by atoms with Crippen molar-refractivity contribution >= 4 is 17.3 Å². The molecule has 0 spiro atoms. The lowest BCUT2D eigenvalue weighted by Gasteiger charge is -2.11. The fourth-order valence-electron chi connectivity index (χ4n) is 2.01. The van der Waals surface area contributed by atoms with Crippen LogP contribution in [0.1, 0.15) is 32.4 Å². The van der Waals surface area contributed by atoms with E-state index in [0.717, 1.165) is 35.4 Å². The highest BCUT2D eigenvalue weighted by molar-refractivity contribution is 7.13. The third-order valence-electron chi connectivity index (χ3n) is 3.19. The topological polar surface area (TPSA) is 62.5 Å². The van der Waals surface area contributed by atoms with E-state index in [2.05, 4.69) is 34.5 Å². The van der Waals surface area contributed by atoms with Crippen LogP contribution in [0.5, 0.6) is 0 Å². The summed E-state index contributed by atoms with van der Waals surface area (Å²) in [5.74, 6) is 2.21. The van der Waals surface area contributed by atoms with Crippen LogP contribution in [0.15, 0.2) is 33.2 Å². The molecule has 2 heterocycles. The monoisotopic (exact) mass is 320 g/mol. The largest absolute Gasteiger partial charge is 0.443 e. The predicted molar refractivity (Wildman–Crippen MR) is 92.1 cm³/mol. The van der Waals surface area contributed by atoms with E-state index in [0.29, 0.717) is 12.4 Å². The van der Waals surface area contributed by atoms with Crippen molar-refractivity contribution in [1.82, 2.24) is 15.6 Å². The highest BCUT2D eigenvalue weighted by Gasteiger charge is 2.08. The third-order valence-corrected chi connectivity index (χ3v) is 4.05. The SMILES string of the molecule is CN=C(NCCCC(C)C)NCc1coc(-c2cccs2)n1. The highest BCUT2D eigenvalue weighted by atomic mass is 32.1. The Morgan fingerprint density at radius 2 is 2.27 bits per heavy atom. The van der Waals surface area contributed by atoms with Gasteiger partial charge in [0.25, 0.3) is 0 Å². The van der Waals surface area contributed by atoms with Crippen LogP contribution in [0.3, 0.4) is 0 Å². The molecule has 2 aromatic heterocycles. The van der Waals surface area contributed by atoms with E-state index in [1.54, 1.807) is 24.6 Å². The van der Waals surface area contributed by atoms with Gasteiger partial charge in [-0.3, -0.25) is 4.99 Å². The molecule has 0 bridgehead atoms. The summed E-state index contributed by atoms with van der Waals surface area (Å²) >= 11 is 1.62. The van der Waals surface area contributed by atoms with Crippen LogP contribution < -0.4 is 10.6 Å². The smallest absolute Gasteiger partial charge is 0.236 e. The lowest BCUT2D eigenvalue weighted by atomic mass is 10.1. The fourth-order valence-corrected chi connectivity index (χ4v) is 2.67. The Morgan fingerprint density at radius 1 is 1.41 bits per heavy atom. The first-order valence-electron chi connectivity index (χ1n) is 7.62. The van der Waals surface area contributed by atoms with E-state index < -0.39 is 0 Å². The van der Waals surface area contributed by atoms with Crippen molar-refractivity contribution in [2.45, 2.75) is 33.2 Å². The number of aliphatic imine (C=N–C) groups is 1. The average molecular weight is 320 g/mol. The van der Waals surface area contributed by atoms with Crippen molar-refractivity contribution in [3.63, 3.8) is 0 Å². The van der Waals surface area contributed by atoms with E-state index in [9.17, 15) is 0 Å². The quantitative estimate of drug-likeness (QED) is 0.465. The predicted octanol–water partition coefficient (Wildman–Crippen LogP) is 3.50. The van der Waals surface area contributed by atoms with Gasteiger partial charge in [0.1, 0.15) is 6.26 Å². The molecule has 0 aliphatic rings. The van der Waals surface area contributed by atoms with Gasteiger partial charge in [-0.1, -0.05) is 19.9 Å². The maximum absolute atomic E-state index is 5.50. The Bertz CT molecular complexity index is 575. The summed E-state index contributed by atoms with van der Waals surface area (Å²) in [4.78, 5) is 9.74. The van der Waals surface area contributed by atoms with Gasteiger partial charge in [0.2, 0.25) is 5.89 Å². The molecular formula is C16H24N4OS. The minimum Gasteiger partial charge on any atom is -0.443 e. The molecule has 6 heteroatoms. The fraction of sp³-hybridized carbons (Fsp3) is 0.500. The normalized spacial score (nSPS) is 11.9. The van der Waals surface area contributed by atoms with Gasteiger partial charge in [-0.15, -0.1) is 11.3 Å². The molecule has 0 saturated heterocycles. The second-order valence-corrected chi connectivity index (χ2v) is 6.46. The summed E-state index contributed by atoms with van der Waals surface area (Å²) in [5.41, 5.74) is 0.869. The Hall–Kier alpha value is -1.82. The Morgan fingerprint density at radius 3 is 2.95 bits per heavy atom. The van der Waals surface area contributed by atoms with Crippen molar-refractivity contribution in [3.05, 3.63) is 29.5 Å². The van der Waals surface area contributed by atoms with Gasteiger partial charge in [-0.25, -0.2) is 4.98 Å². The van der Waals surface area contributed by atoms with Gasteiger partial charge in [0, 0.05) is 13.6 Å². The maximum Gasteiger partial charge on any atom is 0.236 e. The summed E-state index contributed by atoms with van der Waals surface area (Å²) in [6.07, 6.45) is 4.05. The van der Waals surface area contributed by atoms with Crippen LogP contribution in [-0.4, -0.2) is 24.5 Å². The number of hydrogen-bond donors (Lipinski definition) is 2. The second kappa shape index (κ2) is 8.58. The van der Waals surface area contributed by atoms with Gasteiger partial charge in [-0.05, 0) is 30.2 Å². The number of nitrogens with one attached hydrogen (secondary N) is 2. The van der Waals surface area contributed by atoms with Crippen molar-refractivity contribution < 1.29 is 4.42 Å². The molecule has 0 aromatic carbocycles. The van der Waals surface area contributed by atoms with Crippen LogP contribution in [0.4, 0.5) is 0 Å². The number of oxazole rings is 1. The Balaban J connectivity index is 1.76. The van der Waals surface area contributed by atoms with Crippen molar-refractivity contribution in [2.75, 3.05) is 13.6 Å². The average Bonchev–Trinajstić information content (AvgIpc) is 3.17. The third kappa shape index (κ3) is 5.18. The first-order chi connectivity index (χ1) is 10.7. The van der Waals surface area contributed by atoms with E-state index in [-0.39, 0.29) is 0 Å². The summed E-state index contributed by atoms with van der Waals surface area (Å²) < 4.78 is 5.50. The summed E-state index contributed by atoms with van der Waals surface area (Å²) in [7, 11) is 1.78. The zero-order chi connectivity index (χ0) is 15.8. The molecule has 2 rings (SSSR count). The molecule has 0 saturated carbocycles. The zero-order valence-corrected chi connectivity index (χ0v) is 14.2. The van der Waals surface area contributed by atoms with Gasteiger partial charge in [0.15, 0.2) is 5.96 Å². The second-order valence-electron chi connectivity index (χ2n) is 5.51. The minimum atomic E-state index is 0.596. The Labute approximate surface area is 135 Å². The molecule has 0 unspecified atom stereocenters. The lowest BCUT2D eigenvalue weighted by molar-refractivity contribution is 0.549. The zero-order valence-electron chi connectivity index (χ0n) is 13.4. The highest BCUT2D eigenvalue weighted by Crippen LogP contribution is 2.23. The van der Waals surface area contributed by atoms with Crippen molar-refractivity contribution in [3.8, 4) is 10.8 Å². The van der Waals surface area contributed by atoms with Gasteiger partial charge < -0.3 is 15.1 Å². The number of rotatable bonds is 7. The van der Waals surface area contributed by atoms with E-state index in [4.69, 9.17) is 4.42 Å². The van der Waals surface area contributed by atoms with E-state index >= 15 is 0 Å². The number of aromatic nitrogens is 1. The number of hydrogen-bond acceptors (Lipinski definition) is 4. The lowest BCUT2D eigenvalue weighted by Crippen LogP contribution is -2.37. The Kier molecular flexibility index (Phi) is 6.45. The minimum absolute atomic E-state index is 0.596. The van der Waals surface area contributed by atoms with Gasteiger partial charge in [-0.2, -0.15) is 0 Å². The standard InChI is InChI=1S/C16H24N4OS/c1-12(2)6-4-8-18-16(17-3)19-10-13-11-21-15(20-13)14-7-5-9-22-14/h5,7,9,11-12H,4,6,8,10H2,1-3H3,(H2,17,18,19). The van der Waals surface area contributed by atoms with Crippen LogP contribution >= 0.6 is 11.3 Å². The van der Waals surface area contributed by atoms with E-state index in [1.807, 2.05) is 17.5 Å². The van der Waals surface area contributed by atoms with Crippen LogP contribution in [-0.2, 0) is 6.54 Å². The molecule has 5 nitrogen and oxygen atoms in total. The van der Waals surface area contributed by atoms with Gasteiger partial charge >= 0.3 is 0 Å². The number of guanidine groups is 1. The first kappa shape index (κ1) is 16.5. The molecule has 120 valence electrons. The van der Waals surface area contributed by atoms with Crippen LogP contribution in [0.25, 0.3) is 10.8 Å². The maximum atomic E-state index is 5.50. The molecule has 2 N–H and O–H groups in total. The summed E-state index contributed by atoms with van der Waals surface area (Å²) in [5, 5.41) is 8.58. The van der Waals surface area contributed by atoms with E-state index in [1.165, 1.54) is 6.42 Å². The molecule has 22 heavy (non-hydrogen) atoms. The van der Waals surface area contributed by atoms with Crippen molar-refractivity contribution in [1.29, 1.82) is 0 Å². The molecule has 2 aromatic rings. The first-order valence-corrected chi connectivity index (χ1v) is 8.49.